The maximum absolute atomic E-state index is 12.4. The highest BCUT2D eigenvalue weighted by molar-refractivity contribution is 9.10. The van der Waals surface area contributed by atoms with Gasteiger partial charge in [-0.15, -0.1) is 0 Å². The van der Waals surface area contributed by atoms with E-state index in [0.717, 1.165) is 23.1 Å². The van der Waals surface area contributed by atoms with E-state index in [9.17, 15) is 29.8 Å². The largest absolute Gasteiger partial charge is 0.332 e. The molecule has 0 aliphatic carbocycles. The summed E-state index contributed by atoms with van der Waals surface area (Å²) in [6, 6.07) is 9.49. The average Bonchev–Trinajstić information content (AvgIpc) is 2.62. The van der Waals surface area contributed by atoms with Gasteiger partial charge in [-0.3, -0.25) is 29.8 Å². The first kappa shape index (κ1) is 20.0. The second-order valence-electron chi connectivity index (χ2n) is 5.44. The van der Waals surface area contributed by atoms with Crippen LogP contribution in [0, 0.1) is 20.2 Å². The number of rotatable bonds is 6. The smallest absolute Gasteiger partial charge is 0.277 e. The van der Waals surface area contributed by atoms with Gasteiger partial charge in [0.1, 0.15) is 0 Å². The summed E-state index contributed by atoms with van der Waals surface area (Å²) in [5.41, 5.74) is -0.918. The van der Waals surface area contributed by atoms with Crippen LogP contribution in [0.25, 0.3) is 0 Å². The van der Waals surface area contributed by atoms with Crippen LogP contribution in [0.2, 0.25) is 0 Å². The minimum atomic E-state index is -0.830. The van der Waals surface area contributed by atoms with E-state index in [4.69, 9.17) is 0 Å². The number of benzene rings is 2. The Labute approximate surface area is 161 Å². The number of nitro benzene ring substituents is 2. The van der Waals surface area contributed by atoms with Gasteiger partial charge in [0.05, 0.1) is 33.7 Å². The minimum Gasteiger partial charge on any atom is -0.332 e. The number of hydrogen-bond acceptors (Lipinski definition) is 6. The number of carbonyl (C=O) groups excluding carboxylic acids is 2. The topological polar surface area (TPSA) is 136 Å². The van der Waals surface area contributed by atoms with Gasteiger partial charge in [0, 0.05) is 23.7 Å². The Morgan fingerprint density at radius 3 is 2.15 bits per heavy atom. The lowest BCUT2D eigenvalue weighted by Gasteiger charge is -2.17. The van der Waals surface area contributed by atoms with Crippen molar-refractivity contribution in [2.24, 2.45) is 0 Å². The van der Waals surface area contributed by atoms with Crippen LogP contribution in [0.1, 0.15) is 10.4 Å². The molecule has 0 unspecified atom stereocenters. The predicted octanol–water partition coefficient (Wildman–Crippen LogP) is 2.98. The molecule has 2 aromatic carbocycles. The molecule has 10 nitrogen and oxygen atoms in total. The van der Waals surface area contributed by atoms with E-state index in [1.807, 2.05) is 0 Å². The number of hydrogen-bond donors (Lipinski definition) is 1. The summed E-state index contributed by atoms with van der Waals surface area (Å²) < 4.78 is 0.654. The molecule has 2 amide bonds. The van der Waals surface area contributed by atoms with Gasteiger partial charge in [0.2, 0.25) is 5.91 Å². The molecule has 0 aliphatic heterocycles. The Bertz CT molecular complexity index is 901. The van der Waals surface area contributed by atoms with Crippen molar-refractivity contribution in [3.63, 3.8) is 0 Å². The molecule has 2 rings (SSSR count). The maximum atomic E-state index is 12.4. The second kappa shape index (κ2) is 8.36. The lowest BCUT2D eigenvalue weighted by molar-refractivity contribution is -0.394. The van der Waals surface area contributed by atoms with Gasteiger partial charge in [0.25, 0.3) is 17.3 Å². The lowest BCUT2D eigenvalue weighted by Crippen LogP contribution is -2.35. The number of nitrogens with zero attached hydrogens (tertiary/aromatic N) is 3. The monoisotopic (exact) mass is 436 g/mol. The van der Waals surface area contributed by atoms with Crippen LogP contribution in [0.15, 0.2) is 46.9 Å². The molecule has 0 spiro atoms. The molecular weight excluding hydrogens is 424 g/mol. The number of anilines is 1. The van der Waals surface area contributed by atoms with Gasteiger partial charge in [-0.05, 0) is 28.1 Å². The second-order valence-corrected chi connectivity index (χ2v) is 6.30. The molecule has 1 N–H and O–H groups in total. The van der Waals surface area contributed by atoms with Crippen LogP contribution in [0.3, 0.4) is 0 Å². The number of carbonyl (C=O) groups is 2. The van der Waals surface area contributed by atoms with Crippen molar-refractivity contribution in [2.45, 2.75) is 0 Å². The van der Waals surface area contributed by atoms with E-state index in [0.29, 0.717) is 10.2 Å². The Morgan fingerprint density at radius 2 is 1.63 bits per heavy atom. The number of nitro groups is 2. The predicted molar refractivity (Wildman–Crippen MR) is 99.5 cm³/mol. The van der Waals surface area contributed by atoms with E-state index in [1.54, 1.807) is 24.3 Å². The van der Waals surface area contributed by atoms with E-state index in [1.165, 1.54) is 7.05 Å². The zero-order chi connectivity index (χ0) is 20.1. The van der Waals surface area contributed by atoms with Crippen LogP contribution >= 0.6 is 15.9 Å². The summed E-state index contributed by atoms with van der Waals surface area (Å²) in [6.07, 6.45) is 0. The third-order valence-corrected chi connectivity index (χ3v) is 4.14. The third kappa shape index (κ3) is 5.07. The van der Waals surface area contributed by atoms with Crippen LogP contribution in [0.5, 0.6) is 0 Å². The normalized spacial score (nSPS) is 10.1. The summed E-state index contributed by atoms with van der Waals surface area (Å²) in [5, 5.41) is 24.5. The van der Waals surface area contributed by atoms with Gasteiger partial charge in [-0.2, -0.15) is 0 Å². The van der Waals surface area contributed by atoms with Crippen LogP contribution < -0.4 is 5.32 Å². The van der Waals surface area contributed by atoms with Crippen LogP contribution in [-0.4, -0.2) is 40.2 Å². The van der Waals surface area contributed by atoms with Crippen molar-refractivity contribution >= 4 is 44.8 Å². The zero-order valence-corrected chi connectivity index (χ0v) is 15.5. The molecule has 0 fully saturated rings. The Balaban J connectivity index is 2.17. The standard InChI is InChI=1S/C16H13BrN4O6/c1-19(9-15(22)18-14-5-3-2-4-13(14)17)16(23)10-6-11(20(24)25)8-12(7-10)21(26)27/h2-8H,9H2,1H3,(H,18,22). The summed E-state index contributed by atoms with van der Waals surface area (Å²) >= 11 is 3.28. The third-order valence-electron chi connectivity index (χ3n) is 3.45. The van der Waals surface area contributed by atoms with Crippen LogP contribution in [0.4, 0.5) is 17.1 Å². The quantitative estimate of drug-likeness (QED) is 0.545. The molecule has 11 heteroatoms. The van der Waals surface area contributed by atoms with Crippen molar-refractivity contribution in [1.29, 1.82) is 0 Å². The van der Waals surface area contributed by atoms with Crippen molar-refractivity contribution in [1.82, 2.24) is 4.90 Å². The van der Waals surface area contributed by atoms with Gasteiger partial charge in [-0.1, -0.05) is 12.1 Å². The molecule has 0 atom stereocenters. The summed E-state index contributed by atoms with van der Waals surface area (Å²) in [4.78, 5) is 45.8. The Hall–Kier alpha value is -3.34. The number of nitrogens with one attached hydrogen (secondary N) is 1. The molecule has 0 saturated heterocycles. The molecule has 2 aromatic rings. The van der Waals surface area contributed by atoms with Crippen molar-refractivity contribution in [3.05, 3.63) is 72.7 Å². The molecule has 0 bridgehead atoms. The molecule has 0 aliphatic rings. The highest BCUT2D eigenvalue weighted by Crippen LogP contribution is 2.24. The highest BCUT2D eigenvalue weighted by Gasteiger charge is 2.23. The van der Waals surface area contributed by atoms with E-state index in [-0.39, 0.29) is 12.1 Å². The summed E-state index contributed by atoms with van der Waals surface area (Å²) in [5.74, 6) is -1.26. The fourth-order valence-corrected chi connectivity index (χ4v) is 2.57. The number of amides is 2. The minimum absolute atomic E-state index is 0.257. The lowest BCUT2D eigenvalue weighted by atomic mass is 10.1. The fourth-order valence-electron chi connectivity index (χ4n) is 2.19. The average molecular weight is 437 g/mol. The van der Waals surface area contributed by atoms with Crippen LogP contribution in [-0.2, 0) is 4.79 Å². The number of halogens is 1. The molecule has 0 radical (unpaired) electrons. The van der Waals surface area contributed by atoms with E-state index >= 15 is 0 Å². The first-order valence-electron chi connectivity index (χ1n) is 7.42. The first-order valence-corrected chi connectivity index (χ1v) is 8.22. The van der Waals surface area contributed by atoms with Crippen molar-refractivity contribution < 1.29 is 19.4 Å². The number of likely N-dealkylation sites (N-methyl/N-ethyl adjacent to an activating group) is 1. The number of non-ortho nitro benzene ring substituents is 2. The highest BCUT2D eigenvalue weighted by atomic mass is 79.9. The molecule has 0 aromatic heterocycles. The molecule has 140 valence electrons. The Morgan fingerprint density at radius 1 is 1.07 bits per heavy atom. The zero-order valence-electron chi connectivity index (χ0n) is 13.9. The molecule has 0 heterocycles. The Kier molecular flexibility index (Phi) is 6.19. The SMILES string of the molecule is CN(CC(=O)Nc1ccccc1Br)C(=O)c1cc([N+](=O)[O-])cc([N+](=O)[O-])c1. The maximum Gasteiger partial charge on any atom is 0.277 e. The summed E-state index contributed by atoms with van der Waals surface area (Å²) in [6.45, 7) is -0.351. The van der Waals surface area contributed by atoms with Gasteiger partial charge in [0.15, 0.2) is 0 Å². The van der Waals surface area contributed by atoms with Crippen molar-refractivity contribution in [3.8, 4) is 0 Å². The molecule has 27 heavy (non-hydrogen) atoms. The number of para-hydroxylation sites is 1. The molecular formula is C16H13BrN4O6. The van der Waals surface area contributed by atoms with Gasteiger partial charge >= 0.3 is 0 Å². The van der Waals surface area contributed by atoms with Gasteiger partial charge < -0.3 is 10.2 Å². The summed E-state index contributed by atoms with van der Waals surface area (Å²) in [7, 11) is 1.31. The van der Waals surface area contributed by atoms with Gasteiger partial charge in [-0.25, -0.2) is 0 Å². The molecule has 0 saturated carbocycles. The van der Waals surface area contributed by atoms with E-state index < -0.39 is 33.0 Å². The van der Waals surface area contributed by atoms with Crippen molar-refractivity contribution in [2.75, 3.05) is 18.9 Å². The first-order chi connectivity index (χ1) is 12.7. The fraction of sp³-hybridized carbons (Fsp3) is 0.125. The van der Waals surface area contributed by atoms with E-state index in [2.05, 4.69) is 21.2 Å².